The maximum Gasteiger partial charge on any atom is 0.305 e. The van der Waals surface area contributed by atoms with Crippen molar-refractivity contribution in [3.8, 4) is 16.9 Å². The molecule has 1 N–H and O–H groups in total. The van der Waals surface area contributed by atoms with Crippen LogP contribution in [0.25, 0.3) is 11.1 Å². The molecule has 0 spiro atoms. The first kappa shape index (κ1) is 31.5. The summed E-state index contributed by atoms with van der Waals surface area (Å²) in [4.78, 5) is 40.4. The number of ether oxygens (including phenoxy) is 1. The number of aryl methyl sites for hydroxylation is 1. The fraction of sp³-hybridized carbons (Fsp3) is 0.333. The molecule has 2 amide bonds. The van der Waals surface area contributed by atoms with E-state index in [4.69, 9.17) is 9.84 Å². The van der Waals surface area contributed by atoms with Gasteiger partial charge in [0, 0.05) is 49.6 Å². The number of nitrogens with zero attached hydrogens (tertiary/aromatic N) is 4. The predicted octanol–water partition coefficient (Wildman–Crippen LogP) is 5.90. The van der Waals surface area contributed by atoms with Gasteiger partial charge in [0.15, 0.2) is 0 Å². The first-order valence-electron chi connectivity index (χ1n) is 15.4. The number of hydrogen-bond acceptors (Lipinski definition) is 5. The van der Waals surface area contributed by atoms with Crippen LogP contribution >= 0.6 is 0 Å². The number of hydrogen-bond donors (Lipinski definition) is 1. The van der Waals surface area contributed by atoms with Crippen molar-refractivity contribution in [2.24, 2.45) is 0 Å². The number of carbonyl (C=O) groups excluding carboxylic acids is 2. The van der Waals surface area contributed by atoms with Crippen LogP contribution in [-0.4, -0.2) is 64.3 Å². The summed E-state index contributed by atoms with van der Waals surface area (Å²) in [6.45, 7) is 5.94. The second-order valence-corrected chi connectivity index (χ2v) is 11.6. The van der Waals surface area contributed by atoms with Crippen LogP contribution in [-0.2, 0) is 22.6 Å². The Balaban J connectivity index is 1.23. The molecule has 0 radical (unpaired) electrons. The van der Waals surface area contributed by atoms with E-state index in [-0.39, 0.29) is 24.8 Å². The lowest BCUT2D eigenvalue weighted by Gasteiger charge is -2.31. The molecule has 0 saturated carbocycles. The van der Waals surface area contributed by atoms with Crippen LogP contribution in [0.4, 0.5) is 5.69 Å². The van der Waals surface area contributed by atoms with Crippen molar-refractivity contribution in [1.29, 1.82) is 0 Å². The zero-order valence-corrected chi connectivity index (χ0v) is 26.2. The summed E-state index contributed by atoms with van der Waals surface area (Å²) in [5, 5.41) is 13.5. The average molecular weight is 609 g/mol. The van der Waals surface area contributed by atoms with E-state index in [1.807, 2.05) is 64.4 Å². The summed E-state index contributed by atoms with van der Waals surface area (Å²) in [5.41, 5.74) is 7.90. The van der Waals surface area contributed by atoms with Crippen molar-refractivity contribution in [3.05, 3.63) is 101 Å². The average Bonchev–Trinajstić information content (AvgIpc) is 3.50. The van der Waals surface area contributed by atoms with Gasteiger partial charge in [-0.1, -0.05) is 36.4 Å². The van der Waals surface area contributed by atoms with Gasteiger partial charge in [0.1, 0.15) is 5.75 Å². The monoisotopic (exact) mass is 608 g/mol. The van der Waals surface area contributed by atoms with Gasteiger partial charge in [-0.25, -0.2) is 0 Å². The highest BCUT2D eigenvalue weighted by Gasteiger charge is 2.25. The van der Waals surface area contributed by atoms with Crippen molar-refractivity contribution in [3.63, 3.8) is 0 Å². The fourth-order valence-electron chi connectivity index (χ4n) is 5.74. The van der Waals surface area contributed by atoms with Crippen LogP contribution in [0.15, 0.2) is 73.1 Å². The minimum atomic E-state index is -0.938. The molecule has 45 heavy (non-hydrogen) atoms. The normalized spacial score (nSPS) is 12.5. The number of aliphatic carboxylic acids is 1. The molecule has 234 valence electrons. The lowest BCUT2D eigenvalue weighted by molar-refractivity contribution is -0.137. The van der Waals surface area contributed by atoms with Crippen molar-refractivity contribution in [1.82, 2.24) is 14.7 Å². The lowest BCUT2D eigenvalue weighted by Crippen LogP contribution is -2.35. The van der Waals surface area contributed by atoms with Crippen LogP contribution in [0.2, 0.25) is 0 Å². The first-order valence-corrected chi connectivity index (χ1v) is 15.4. The summed E-state index contributed by atoms with van der Waals surface area (Å²) in [6.07, 6.45) is 6.58. The van der Waals surface area contributed by atoms with Gasteiger partial charge in [-0.15, -0.1) is 0 Å². The standard InChI is InChI=1S/C36H40N4O5/c1-25-9-4-15-33(26(25)2)45-20-8-16-34(41)40-18-7-13-31-30(12-6-14-32(31)40)29-22-37-39(24-29)23-27-10-5-11-28(21-27)36(44)38(3)19-17-35(42)43/h4-6,9-12,14-15,21-22,24H,7-8,13,16-20,23H2,1-3H3,(H,42,43). The maximum absolute atomic E-state index is 13.3. The number of anilines is 1. The highest BCUT2D eigenvalue weighted by molar-refractivity contribution is 5.96. The number of carboxylic acids is 1. The highest BCUT2D eigenvalue weighted by atomic mass is 16.5. The number of carboxylic acid groups (broad SMARTS) is 1. The van der Waals surface area contributed by atoms with Crippen LogP contribution in [0, 0.1) is 13.8 Å². The molecular formula is C36H40N4O5. The second kappa shape index (κ2) is 14.2. The minimum absolute atomic E-state index is 0.101. The van der Waals surface area contributed by atoms with Crippen molar-refractivity contribution >= 4 is 23.5 Å². The third-order valence-corrected chi connectivity index (χ3v) is 8.37. The zero-order valence-electron chi connectivity index (χ0n) is 26.2. The molecule has 0 aliphatic carbocycles. The molecule has 5 rings (SSSR count). The smallest absolute Gasteiger partial charge is 0.305 e. The summed E-state index contributed by atoms with van der Waals surface area (Å²) < 4.78 is 7.82. The Hall–Kier alpha value is -4.92. The Bertz CT molecular complexity index is 1690. The van der Waals surface area contributed by atoms with E-state index in [0.717, 1.165) is 52.1 Å². The van der Waals surface area contributed by atoms with Gasteiger partial charge in [-0.05, 0) is 85.2 Å². The molecule has 9 nitrogen and oxygen atoms in total. The summed E-state index contributed by atoms with van der Waals surface area (Å²) in [5.74, 6) is -0.177. The third kappa shape index (κ3) is 7.60. The van der Waals surface area contributed by atoms with Gasteiger partial charge in [0.2, 0.25) is 5.91 Å². The lowest BCUT2D eigenvalue weighted by atomic mass is 9.93. The van der Waals surface area contributed by atoms with E-state index < -0.39 is 5.97 Å². The van der Waals surface area contributed by atoms with Gasteiger partial charge in [-0.3, -0.25) is 19.1 Å². The van der Waals surface area contributed by atoms with E-state index in [1.165, 1.54) is 10.5 Å². The predicted molar refractivity (Wildman–Crippen MR) is 174 cm³/mol. The molecule has 3 aromatic carbocycles. The van der Waals surface area contributed by atoms with E-state index in [9.17, 15) is 14.4 Å². The molecule has 0 saturated heterocycles. The van der Waals surface area contributed by atoms with Crippen LogP contribution < -0.4 is 9.64 Å². The van der Waals surface area contributed by atoms with Gasteiger partial charge in [-0.2, -0.15) is 5.10 Å². The van der Waals surface area contributed by atoms with Crippen LogP contribution in [0.3, 0.4) is 0 Å². The Morgan fingerprint density at radius 3 is 2.64 bits per heavy atom. The van der Waals surface area contributed by atoms with E-state index in [1.54, 1.807) is 13.1 Å². The molecule has 1 aliphatic heterocycles. The SMILES string of the molecule is Cc1cccc(OCCCC(=O)N2CCCc3c(-c4cnn(Cc5cccc(C(=O)N(C)CCC(=O)O)c5)c4)cccc32)c1C. The highest BCUT2D eigenvalue weighted by Crippen LogP contribution is 2.36. The number of carbonyl (C=O) groups is 3. The first-order chi connectivity index (χ1) is 21.7. The Morgan fingerprint density at radius 2 is 1.82 bits per heavy atom. The minimum Gasteiger partial charge on any atom is -0.493 e. The second-order valence-electron chi connectivity index (χ2n) is 11.6. The Kier molecular flexibility index (Phi) is 9.97. The van der Waals surface area contributed by atoms with Gasteiger partial charge >= 0.3 is 5.97 Å². The summed E-state index contributed by atoms with van der Waals surface area (Å²) >= 11 is 0. The molecule has 0 atom stereocenters. The Morgan fingerprint density at radius 1 is 1.02 bits per heavy atom. The van der Waals surface area contributed by atoms with Gasteiger partial charge in [0.25, 0.3) is 5.91 Å². The topological polar surface area (TPSA) is 105 Å². The van der Waals surface area contributed by atoms with Gasteiger partial charge < -0.3 is 19.6 Å². The maximum atomic E-state index is 13.3. The molecule has 0 unspecified atom stereocenters. The third-order valence-electron chi connectivity index (χ3n) is 8.37. The van der Waals surface area contributed by atoms with Gasteiger partial charge in [0.05, 0.1) is 25.8 Å². The molecule has 9 heteroatoms. The molecule has 2 heterocycles. The molecule has 4 aromatic rings. The van der Waals surface area contributed by atoms with Crippen molar-refractivity contribution < 1.29 is 24.2 Å². The largest absolute Gasteiger partial charge is 0.493 e. The van der Waals surface area contributed by atoms with E-state index in [0.29, 0.717) is 38.1 Å². The van der Waals surface area contributed by atoms with E-state index >= 15 is 0 Å². The zero-order chi connectivity index (χ0) is 31.9. The number of fused-ring (bicyclic) bond motifs is 1. The number of benzene rings is 3. The molecule has 0 bridgehead atoms. The molecule has 1 aromatic heterocycles. The molecule has 0 fully saturated rings. The number of aromatic nitrogens is 2. The molecule has 1 aliphatic rings. The summed E-state index contributed by atoms with van der Waals surface area (Å²) in [7, 11) is 1.61. The number of rotatable bonds is 12. The summed E-state index contributed by atoms with van der Waals surface area (Å²) in [6, 6.07) is 19.5. The van der Waals surface area contributed by atoms with Crippen molar-refractivity contribution in [2.75, 3.05) is 31.6 Å². The number of amides is 2. The Labute approximate surface area is 264 Å². The van der Waals surface area contributed by atoms with Crippen molar-refractivity contribution in [2.45, 2.75) is 52.5 Å². The molecular weight excluding hydrogens is 568 g/mol. The quantitative estimate of drug-likeness (QED) is 0.201. The van der Waals surface area contributed by atoms with Crippen LogP contribution in [0.1, 0.15) is 58.3 Å². The van der Waals surface area contributed by atoms with Crippen LogP contribution in [0.5, 0.6) is 5.75 Å². The van der Waals surface area contributed by atoms with E-state index in [2.05, 4.69) is 31.1 Å². The fourth-order valence-corrected chi connectivity index (χ4v) is 5.74.